The first-order valence-corrected chi connectivity index (χ1v) is 6.51. The molecule has 0 bridgehead atoms. The van der Waals surface area contributed by atoms with Crippen LogP contribution in [0.2, 0.25) is 0 Å². The van der Waals surface area contributed by atoms with E-state index in [9.17, 15) is 22.8 Å². The van der Waals surface area contributed by atoms with Crippen LogP contribution in [-0.4, -0.2) is 31.5 Å². The number of hydrogen-bond donors (Lipinski definition) is 3. The van der Waals surface area contributed by atoms with Crippen molar-refractivity contribution < 1.29 is 22.8 Å². The predicted molar refractivity (Wildman–Crippen MR) is 71.3 cm³/mol. The summed E-state index contributed by atoms with van der Waals surface area (Å²) in [6.45, 7) is 0.292. The van der Waals surface area contributed by atoms with Gasteiger partial charge in [0.1, 0.15) is 11.5 Å². The van der Waals surface area contributed by atoms with Crippen LogP contribution in [0.5, 0.6) is 0 Å². The molecule has 4 N–H and O–H groups in total. The van der Waals surface area contributed by atoms with Crippen LogP contribution >= 0.6 is 11.3 Å². The summed E-state index contributed by atoms with van der Waals surface area (Å²) in [6.07, 6.45) is -4.29. The van der Waals surface area contributed by atoms with Gasteiger partial charge in [0.2, 0.25) is 0 Å². The molecule has 0 aliphatic carbocycles. The van der Waals surface area contributed by atoms with Crippen LogP contribution < -0.4 is 16.4 Å². The molecule has 1 aromatic rings. The van der Waals surface area contributed by atoms with Crippen molar-refractivity contribution in [3.05, 3.63) is 10.4 Å². The van der Waals surface area contributed by atoms with E-state index < -0.39 is 18.6 Å². The molecule has 0 unspecified atom stereocenters. The standard InChI is InChI=1S/C11H14F3N3O2S/c1-3-5(18)8-7(15)6(9(19)16-2)10(20-8)17-4-11(12,13)14/h17H,3-4,15H2,1-2H3,(H,16,19). The highest BCUT2D eigenvalue weighted by atomic mass is 32.1. The van der Waals surface area contributed by atoms with Gasteiger partial charge in [0.15, 0.2) is 5.78 Å². The Hall–Kier alpha value is -1.77. The molecule has 112 valence electrons. The smallest absolute Gasteiger partial charge is 0.397 e. The number of halogens is 3. The number of anilines is 2. The number of carbonyl (C=O) groups excluding carboxylic acids is 2. The van der Waals surface area contributed by atoms with Gasteiger partial charge in [-0.2, -0.15) is 13.2 Å². The number of nitrogens with one attached hydrogen (secondary N) is 2. The second-order valence-electron chi connectivity index (χ2n) is 3.87. The number of rotatable bonds is 5. The highest BCUT2D eigenvalue weighted by Gasteiger charge is 2.30. The number of Topliss-reactive ketones (excluding diaryl/α,β-unsaturated/α-hetero) is 1. The van der Waals surface area contributed by atoms with E-state index in [4.69, 9.17) is 5.73 Å². The van der Waals surface area contributed by atoms with E-state index >= 15 is 0 Å². The lowest BCUT2D eigenvalue weighted by Gasteiger charge is -2.09. The van der Waals surface area contributed by atoms with Gasteiger partial charge in [0, 0.05) is 13.5 Å². The molecule has 0 saturated carbocycles. The van der Waals surface area contributed by atoms with Gasteiger partial charge in [-0.15, -0.1) is 11.3 Å². The van der Waals surface area contributed by atoms with Gasteiger partial charge in [-0.1, -0.05) is 6.92 Å². The normalized spacial score (nSPS) is 11.2. The number of carbonyl (C=O) groups is 2. The Bertz CT molecular complexity index is 526. The fourth-order valence-electron chi connectivity index (χ4n) is 1.47. The number of amides is 1. The molecule has 0 spiro atoms. The van der Waals surface area contributed by atoms with E-state index in [1.807, 2.05) is 0 Å². The van der Waals surface area contributed by atoms with Crippen molar-refractivity contribution in [2.75, 3.05) is 24.6 Å². The van der Waals surface area contributed by atoms with Crippen molar-refractivity contribution >= 4 is 33.7 Å². The molecular weight excluding hydrogens is 295 g/mol. The first kappa shape index (κ1) is 16.3. The predicted octanol–water partition coefficient (Wildman–Crippen LogP) is 2.26. The zero-order valence-electron chi connectivity index (χ0n) is 10.9. The van der Waals surface area contributed by atoms with Gasteiger partial charge in [-0.25, -0.2) is 0 Å². The van der Waals surface area contributed by atoms with E-state index in [0.29, 0.717) is 0 Å². The van der Waals surface area contributed by atoms with E-state index in [1.54, 1.807) is 6.92 Å². The Balaban J connectivity index is 3.20. The van der Waals surface area contributed by atoms with Crippen molar-refractivity contribution in [1.29, 1.82) is 0 Å². The first-order chi connectivity index (χ1) is 9.21. The van der Waals surface area contributed by atoms with E-state index in [0.717, 1.165) is 11.3 Å². The minimum absolute atomic E-state index is 0.0593. The molecule has 0 radical (unpaired) electrons. The zero-order valence-corrected chi connectivity index (χ0v) is 11.7. The average molecular weight is 309 g/mol. The average Bonchev–Trinajstić information content (AvgIpc) is 2.71. The van der Waals surface area contributed by atoms with E-state index in [2.05, 4.69) is 10.6 Å². The second kappa shape index (κ2) is 6.12. The summed E-state index contributed by atoms with van der Waals surface area (Å²) in [6, 6.07) is 0. The summed E-state index contributed by atoms with van der Waals surface area (Å²) >= 11 is 0.757. The second-order valence-corrected chi connectivity index (χ2v) is 4.89. The first-order valence-electron chi connectivity index (χ1n) is 5.69. The molecule has 0 aliphatic rings. The van der Waals surface area contributed by atoms with Gasteiger partial charge < -0.3 is 16.4 Å². The van der Waals surface area contributed by atoms with Crippen LogP contribution in [0, 0.1) is 0 Å². The lowest BCUT2D eigenvalue weighted by Crippen LogP contribution is -2.24. The van der Waals surface area contributed by atoms with Gasteiger partial charge >= 0.3 is 6.18 Å². The third kappa shape index (κ3) is 3.62. The number of thiophene rings is 1. The number of nitrogens with two attached hydrogens (primary N) is 1. The van der Waals surface area contributed by atoms with Crippen LogP contribution in [0.15, 0.2) is 0 Å². The molecule has 0 aromatic carbocycles. The van der Waals surface area contributed by atoms with Crippen molar-refractivity contribution in [1.82, 2.24) is 5.32 Å². The molecule has 9 heteroatoms. The van der Waals surface area contributed by atoms with Gasteiger partial charge in [0.25, 0.3) is 5.91 Å². The van der Waals surface area contributed by atoms with Crippen LogP contribution in [-0.2, 0) is 0 Å². The fourth-order valence-corrected chi connectivity index (χ4v) is 2.59. The third-order valence-corrected chi connectivity index (χ3v) is 3.63. The molecule has 20 heavy (non-hydrogen) atoms. The van der Waals surface area contributed by atoms with Crippen LogP contribution in [0.4, 0.5) is 23.9 Å². The lowest BCUT2D eigenvalue weighted by molar-refractivity contribution is -0.115. The van der Waals surface area contributed by atoms with Crippen molar-refractivity contribution in [3.8, 4) is 0 Å². The number of ketones is 1. The maximum atomic E-state index is 12.2. The Kier molecular flexibility index (Phi) is 4.98. The van der Waals surface area contributed by atoms with Crippen molar-refractivity contribution in [2.24, 2.45) is 0 Å². The summed E-state index contributed by atoms with van der Waals surface area (Å²) in [5, 5.41) is 4.33. The van der Waals surface area contributed by atoms with Crippen molar-refractivity contribution in [2.45, 2.75) is 19.5 Å². The maximum absolute atomic E-state index is 12.2. The molecule has 0 atom stereocenters. The maximum Gasteiger partial charge on any atom is 0.405 e. The minimum Gasteiger partial charge on any atom is -0.397 e. The van der Waals surface area contributed by atoms with Gasteiger partial charge in [-0.3, -0.25) is 9.59 Å². The number of alkyl halides is 3. The minimum atomic E-state index is -4.44. The Morgan fingerprint density at radius 1 is 1.35 bits per heavy atom. The monoisotopic (exact) mass is 309 g/mol. The zero-order chi connectivity index (χ0) is 15.5. The third-order valence-electron chi connectivity index (χ3n) is 2.42. The molecule has 5 nitrogen and oxygen atoms in total. The van der Waals surface area contributed by atoms with Crippen LogP contribution in [0.1, 0.15) is 33.4 Å². The topological polar surface area (TPSA) is 84.2 Å². The van der Waals surface area contributed by atoms with Crippen LogP contribution in [0.25, 0.3) is 0 Å². The molecule has 1 aromatic heterocycles. The number of nitrogen functional groups attached to an aromatic ring is 1. The molecule has 0 aliphatic heterocycles. The van der Waals surface area contributed by atoms with E-state index in [1.165, 1.54) is 7.05 Å². The molecule has 0 fully saturated rings. The SMILES string of the molecule is CCC(=O)c1sc(NCC(F)(F)F)c(C(=O)NC)c1N. The molecular formula is C11H14F3N3O2S. The molecule has 0 saturated heterocycles. The Labute approximate surface area is 117 Å². The molecule has 1 heterocycles. The van der Waals surface area contributed by atoms with Crippen LogP contribution in [0.3, 0.4) is 0 Å². The lowest BCUT2D eigenvalue weighted by atomic mass is 10.1. The highest BCUT2D eigenvalue weighted by molar-refractivity contribution is 7.19. The van der Waals surface area contributed by atoms with Gasteiger partial charge in [0.05, 0.1) is 16.1 Å². The van der Waals surface area contributed by atoms with Crippen molar-refractivity contribution in [3.63, 3.8) is 0 Å². The quantitative estimate of drug-likeness (QED) is 0.728. The molecule has 1 rings (SSSR count). The van der Waals surface area contributed by atoms with E-state index in [-0.39, 0.29) is 33.3 Å². The van der Waals surface area contributed by atoms with Gasteiger partial charge in [-0.05, 0) is 0 Å². The largest absolute Gasteiger partial charge is 0.405 e. The number of hydrogen-bond acceptors (Lipinski definition) is 5. The summed E-state index contributed by atoms with van der Waals surface area (Å²) < 4.78 is 36.7. The summed E-state index contributed by atoms with van der Waals surface area (Å²) in [7, 11) is 1.33. The molecule has 1 amide bonds. The fraction of sp³-hybridized carbons (Fsp3) is 0.455. The Morgan fingerprint density at radius 3 is 2.40 bits per heavy atom. The summed E-state index contributed by atoms with van der Waals surface area (Å²) in [5.41, 5.74) is 5.49. The summed E-state index contributed by atoms with van der Waals surface area (Å²) in [4.78, 5) is 23.4. The summed E-state index contributed by atoms with van der Waals surface area (Å²) in [5.74, 6) is -0.962. The highest BCUT2D eigenvalue weighted by Crippen LogP contribution is 2.37. The Morgan fingerprint density at radius 2 is 1.95 bits per heavy atom.